The average molecular weight is 411 g/mol. The van der Waals surface area contributed by atoms with Crippen molar-refractivity contribution < 1.29 is 19.1 Å². The molecule has 1 atom stereocenters. The zero-order valence-corrected chi connectivity index (χ0v) is 17.1. The van der Waals surface area contributed by atoms with E-state index in [4.69, 9.17) is 9.47 Å². The average Bonchev–Trinajstić information content (AvgIpc) is 3.16. The smallest absolute Gasteiger partial charge is 0.262 e. The molecule has 2 aromatic carbocycles. The fourth-order valence-electron chi connectivity index (χ4n) is 2.68. The summed E-state index contributed by atoms with van der Waals surface area (Å²) in [6.07, 6.45) is 1.60. The molecular weight excluding hydrogens is 390 g/mol. The van der Waals surface area contributed by atoms with Crippen LogP contribution in [0, 0.1) is 0 Å². The van der Waals surface area contributed by atoms with Crippen LogP contribution in [0.5, 0.6) is 11.5 Å². The molecule has 0 bridgehead atoms. The molecule has 2 amide bonds. The second-order valence-corrected chi connectivity index (χ2v) is 7.10. The first-order chi connectivity index (χ1) is 14.0. The van der Waals surface area contributed by atoms with Crippen molar-refractivity contribution in [2.45, 2.75) is 13.0 Å². The lowest BCUT2D eigenvalue weighted by molar-refractivity contribution is -0.122. The molecule has 29 heavy (non-hydrogen) atoms. The van der Waals surface area contributed by atoms with Gasteiger partial charge >= 0.3 is 0 Å². The van der Waals surface area contributed by atoms with Gasteiger partial charge in [0.1, 0.15) is 6.04 Å². The molecule has 3 rings (SSSR count). The quantitative estimate of drug-likeness (QED) is 0.462. The molecule has 0 radical (unpaired) electrons. The Bertz CT molecular complexity index is 1060. The van der Waals surface area contributed by atoms with Crippen LogP contribution in [0.4, 0.5) is 0 Å². The first kappa shape index (κ1) is 20.3. The lowest BCUT2D eigenvalue weighted by Gasteiger charge is -2.13. The van der Waals surface area contributed by atoms with Gasteiger partial charge in [-0.3, -0.25) is 9.59 Å². The van der Waals surface area contributed by atoms with Gasteiger partial charge in [0.05, 0.1) is 20.4 Å². The van der Waals surface area contributed by atoms with Gasteiger partial charge in [-0.05, 0) is 31.2 Å². The summed E-state index contributed by atoms with van der Waals surface area (Å²) in [6.45, 7) is 1.59. The third-order valence-corrected chi connectivity index (χ3v) is 5.26. The minimum Gasteiger partial charge on any atom is -0.493 e. The maximum atomic E-state index is 12.4. The first-order valence-electron chi connectivity index (χ1n) is 8.85. The third kappa shape index (κ3) is 4.72. The summed E-state index contributed by atoms with van der Waals surface area (Å²) in [5.74, 6) is 0.131. The van der Waals surface area contributed by atoms with Crippen molar-refractivity contribution >= 4 is 39.5 Å². The normalized spacial score (nSPS) is 12.0. The minimum absolute atomic E-state index is 0.357. The van der Waals surface area contributed by atoms with Crippen LogP contribution in [0.15, 0.2) is 52.9 Å². The minimum atomic E-state index is -0.771. The van der Waals surface area contributed by atoms with E-state index in [-0.39, 0.29) is 0 Å². The number of nitrogens with one attached hydrogen (secondary N) is 2. The summed E-state index contributed by atoms with van der Waals surface area (Å²) >= 11 is 1.61. The summed E-state index contributed by atoms with van der Waals surface area (Å²) in [5, 5.41) is 9.70. The van der Waals surface area contributed by atoms with Crippen LogP contribution < -0.4 is 20.2 Å². The van der Waals surface area contributed by atoms with E-state index >= 15 is 0 Å². The van der Waals surface area contributed by atoms with Gasteiger partial charge in [-0.1, -0.05) is 18.2 Å². The molecule has 0 saturated heterocycles. The Morgan fingerprint density at radius 3 is 2.62 bits per heavy atom. The maximum absolute atomic E-state index is 12.4. The second-order valence-electron chi connectivity index (χ2n) is 6.19. The summed E-state index contributed by atoms with van der Waals surface area (Å²) in [6, 6.07) is 12.0. The second kappa shape index (κ2) is 9.20. The predicted octanol–water partition coefficient (Wildman–Crippen LogP) is 3.19. The molecule has 2 N–H and O–H groups in total. The van der Waals surface area contributed by atoms with E-state index in [1.54, 1.807) is 42.7 Å². The number of hydrogen-bond donors (Lipinski definition) is 2. The molecule has 0 fully saturated rings. The van der Waals surface area contributed by atoms with E-state index in [0.717, 1.165) is 15.6 Å². The number of nitrogens with zero attached hydrogens (tertiary/aromatic N) is 1. The molecule has 0 saturated carbocycles. The number of hydrogen-bond acceptors (Lipinski definition) is 6. The zero-order valence-electron chi connectivity index (χ0n) is 16.3. The van der Waals surface area contributed by atoms with Crippen molar-refractivity contribution in [3.8, 4) is 11.5 Å². The van der Waals surface area contributed by atoms with Crippen molar-refractivity contribution in [2.24, 2.45) is 5.10 Å². The Labute approximate surface area is 172 Å². The van der Waals surface area contributed by atoms with Gasteiger partial charge in [-0.25, -0.2) is 5.43 Å². The number of methoxy groups -OCH3 is 2. The third-order valence-electron chi connectivity index (χ3n) is 4.28. The van der Waals surface area contributed by atoms with E-state index < -0.39 is 17.9 Å². The predicted molar refractivity (Wildman–Crippen MR) is 114 cm³/mol. The molecule has 3 aromatic rings. The number of carbonyl (C=O) groups is 2. The van der Waals surface area contributed by atoms with Crippen LogP contribution in [-0.2, 0) is 4.79 Å². The fourth-order valence-corrected chi connectivity index (χ4v) is 3.60. The monoisotopic (exact) mass is 411 g/mol. The molecule has 0 aliphatic rings. The number of ether oxygens (including phenoxy) is 2. The lowest BCUT2D eigenvalue weighted by Crippen LogP contribution is -2.43. The summed E-state index contributed by atoms with van der Waals surface area (Å²) in [4.78, 5) is 24.7. The van der Waals surface area contributed by atoms with Gasteiger partial charge in [0.2, 0.25) is 0 Å². The largest absolute Gasteiger partial charge is 0.493 e. The summed E-state index contributed by atoms with van der Waals surface area (Å²) < 4.78 is 11.5. The number of fused-ring (bicyclic) bond motifs is 1. The molecular formula is C21H21N3O4S. The van der Waals surface area contributed by atoms with E-state index in [0.29, 0.717) is 17.1 Å². The molecule has 0 spiro atoms. The van der Waals surface area contributed by atoms with Gasteiger partial charge in [0.25, 0.3) is 11.8 Å². The van der Waals surface area contributed by atoms with Crippen LogP contribution in [0.1, 0.15) is 22.8 Å². The molecule has 0 aliphatic carbocycles. The Hall–Kier alpha value is -3.39. The van der Waals surface area contributed by atoms with Crippen LogP contribution >= 0.6 is 11.3 Å². The van der Waals surface area contributed by atoms with E-state index in [2.05, 4.69) is 15.8 Å². The van der Waals surface area contributed by atoms with E-state index in [1.165, 1.54) is 14.2 Å². The van der Waals surface area contributed by atoms with Crippen molar-refractivity contribution in [1.82, 2.24) is 10.7 Å². The van der Waals surface area contributed by atoms with Crippen LogP contribution in [0.3, 0.4) is 0 Å². The van der Waals surface area contributed by atoms with Crippen molar-refractivity contribution in [3.63, 3.8) is 0 Å². The van der Waals surface area contributed by atoms with Gasteiger partial charge in [-0.2, -0.15) is 5.10 Å². The van der Waals surface area contributed by atoms with Crippen LogP contribution in [0.25, 0.3) is 10.1 Å². The lowest BCUT2D eigenvalue weighted by atomic mass is 10.1. The van der Waals surface area contributed by atoms with Gasteiger partial charge in [0, 0.05) is 26.6 Å². The van der Waals surface area contributed by atoms with Crippen molar-refractivity contribution in [1.29, 1.82) is 0 Å². The van der Waals surface area contributed by atoms with E-state index in [9.17, 15) is 9.59 Å². The summed E-state index contributed by atoms with van der Waals surface area (Å²) in [5.41, 5.74) is 3.74. The highest BCUT2D eigenvalue weighted by Gasteiger charge is 2.17. The molecule has 7 nitrogen and oxygen atoms in total. The Morgan fingerprint density at radius 2 is 1.86 bits per heavy atom. The highest BCUT2D eigenvalue weighted by atomic mass is 32.1. The highest BCUT2D eigenvalue weighted by Crippen LogP contribution is 2.27. The Kier molecular flexibility index (Phi) is 6.46. The number of benzene rings is 2. The number of thiophene rings is 1. The molecule has 8 heteroatoms. The van der Waals surface area contributed by atoms with Gasteiger partial charge < -0.3 is 14.8 Å². The molecule has 1 heterocycles. The Morgan fingerprint density at radius 1 is 1.10 bits per heavy atom. The van der Waals surface area contributed by atoms with E-state index in [1.807, 2.05) is 29.6 Å². The first-order valence-corrected chi connectivity index (χ1v) is 9.73. The number of hydrazone groups is 1. The molecule has 0 aliphatic heterocycles. The highest BCUT2D eigenvalue weighted by molar-refractivity contribution is 7.17. The SMILES string of the molecule is COc1ccc(C(=O)NC(C)C(=O)NN=Cc2csc3ccccc23)cc1OC. The van der Waals surface area contributed by atoms with Gasteiger partial charge in [-0.15, -0.1) is 11.3 Å². The number of amides is 2. The standard InChI is InChI=1S/C21H21N3O4S/c1-13(23-21(26)14-8-9-17(27-2)18(10-14)28-3)20(25)24-22-11-15-12-29-19-7-5-4-6-16(15)19/h4-13H,1-3H3,(H,23,26)(H,24,25). The van der Waals surface area contributed by atoms with Gasteiger partial charge in [0.15, 0.2) is 11.5 Å². The Balaban J connectivity index is 1.59. The van der Waals surface area contributed by atoms with Crippen LogP contribution in [-0.4, -0.2) is 38.3 Å². The fraction of sp³-hybridized carbons (Fsp3) is 0.190. The zero-order chi connectivity index (χ0) is 20.8. The molecule has 1 unspecified atom stereocenters. The summed E-state index contributed by atoms with van der Waals surface area (Å²) in [7, 11) is 3.01. The number of carbonyl (C=O) groups excluding carboxylic acids is 2. The molecule has 1 aromatic heterocycles. The maximum Gasteiger partial charge on any atom is 0.262 e. The van der Waals surface area contributed by atoms with Crippen molar-refractivity contribution in [3.05, 3.63) is 59.0 Å². The number of rotatable bonds is 7. The van der Waals surface area contributed by atoms with Crippen LogP contribution in [0.2, 0.25) is 0 Å². The topological polar surface area (TPSA) is 89.0 Å². The molecule has 150 valence electrons. The van der Waals surface area contributed by atoms with Crippen molar-refractivity contribution in [2.75, 3.05) is 14.2 Å².